The number of halogens is 1. The molecular weight excluding hydrogens is 240 g/mol. The molecule has 0 nitrogen and oxygen atoms in total. The summed E-state index contributed by atoms with van der Waals surface area (Å²) in [4.78, 5) is 0. The molecule has 18 heavy (non-hydrogen) atoms. The van der Waals surface area contributed by atoms with Crippen LogP contribution in [0.2, 0.25) is 5.02 Å². The molecule has 2 rings (SSSR count). The highest BCUT2D eigenvalue weighted by Gasteiger charge is 2.09. The molecule has 2 aromatic rings. The van der Waals surface area contributed by atoms with Gasteiger partial charge in [0.2, 0.25) is 0 Å². The molecule has 0 bridgehead atoms. The summed E-state index contributed by atoms with van der Waals surface area (Å²) >= 11 is 6.33. The van der Waals surface area contributed by atoms with Gasteiger partial charge in [-0.25, -0.2) is 0 Å². The lowest BCUT2D eigenvalue weighted by Gasteiger charge is -2.13. The van der Waals surface area contributed by atoms with E-state index >= 15 is 0 Å². The lowest BCUT2D eigenvalue weighted by atomic mass is 9.93. The van der Waals surface area contributed by atoms with E-state index in [2.05, 4.69) is 52.0 Å². The predicted octanol–water partition coefficient (Wildman–Crippen LogP) is 5.75. The molecule has 0 aliphatic rings. The highest BCUT2D eigenvalue weighted by molar-refractivity contribution is 6.33. The molecule has 1 heteroatoms. The summed E-state index contributed by atoms with van der Waals surface area (Å²) in [6.45, 7) is 8.66. The van der Waals surface area contributed by atoms with Gasteiger partial charge in [-0.1, -0.05) is 55.3 Å². The largest absolute Gasteiger partial charge is 0.0837 e. The molecule has 0 N–H and O–H groups in total. The van der Waals surface area contributed by atoms with Crippen molar-refractivity contribution in [1.82, 2.24) is 0 Å². The Hall–Kier alpha value is -1.27. The van der Waals surface area contributed by atoms with Gasteiger partial charge in [0.15, 0.2) is 0 Å². The van der Waals surface area contributed by atoms with Crippen molar-refractivity contribution in [3.05, 3.63) is 58.1 Å². The molecule has 0 aliphatic carbocycles. The molecule has 0 aromatic heterocycles. The quantitative estimate of drug-likeness (QED) is 0.644. The van der Waals surface area contributed by atoms with Crippen molar-refractivity contribution in [3.63, 3.8) is 0 Å². The number of aryl methyl sites for hydroxylation is 2. The van der Waals surface area contributed by atoms with Gasteiger partial charge in [0.1, 0.15) is 0 Å². The van der Waals surface area contributed by atoms with Crippen molar-refractivity contribution in [3.8, 4) is 11.1 Å². The standard InChI is InChI=1S/C17H19Cl/c1-11(2)14-7-6-13(4)15(10-14)16-9-12(3)5-8-17(16)18/h5-11H,1-4H3. The summed E-state index contributed by atoms with van der Waals surface area (Å²) in [5, 5.41) is 0.824. The maximum atomic E-state index is 6.33. The smallest absolute Gasteiger partial charge is 0.0484 e. The fourth-order valence-corrected chi connectivity index (χ4v) is 2.35. The molecule has 0 heterocycles. The predicted molar refractivity (Wildman–Crippen MR) is 80.5 cm³/mol. The molecule has 0 amide bonds. The Bertz CT molecular complexity index is 568. The highest BCUT2D eigenvalue weighted by atomic mass is 35.5. The van der Waals surface area contributed by atoms with E-state index in [9.17, 15) is 0 Å². The summed E-state index contributed by atoms with van der Waals surface area (Å²) in [5.74, 6) is 0.535. The van der Waals surface area contributed by atoms with Crippen molar-refractivity contribution in [2.75, 3.05) is 0 Å². The molecule has 0 aliphatic heterocycles. The van der Waals surface area contributed by atoms with E-state index in [4.69, 9.17) is 11.6 Å². The lowest BCUT2D eigenvalue weighted by molar-refractivity contribution is 0.866. The zero-order chi connectivity index (χ0) is 13.3. The van der Waals surface area contributed by atoms with Gasteiger partial charge in [-0.2, -0.15) is 0 Å². The van der Waals surface area contributed by atoms with E-state index < -0.39 is 0 Å². The number of rotatable bonds is 2. The SMILES string of the molecule is Cc1ccc(Cl)c(-c2cc(C(C)C)ccc2C)c1. The van der Waals surface area contributed by atoms with Gasteiger partial charge < -0.3 is 0 Å². The first-order valence-corrected chi connectivity index (χ1v) is 6.74. The van der Waals surface area contributed by atoms with Crippen LogP contribution >= 0.6 is 11.6 Å². The molecule has 0 saturated heterocycles. The molecule has 0 atom stereocenters. The van der Waals surface area contributed by atoms with Gasteiger partial charge in [-0.3, -0.25) is 0 Å². The van der Waals surface area contributed by atoms with Crippen molar-refractivity contribution in [1.29, 1.82) is 0 Å². The Balaban J connectivity index is 2.62. The van der Waals surface area contributed by atoms with Crippen molar-refractivity contribution < 1.29 is 0 Å². The first-order chi connectivity index (χ1) is 8.49. The fraction of sp³-hybridized carbons (Fsp3) is 0.294. The van der Waals surface area contributed by atoms with Gasteiger partial charge in [-0.15, -0.1) is 0 Å². The molecule has 0 fully saturated rings. The van der Waals surface area contributed by atoms with Crippen LogP contribution in [0.25, 0.3) is 11.1 Å². The van der Waals surface area contributed by atoms with E-state index in [-0.39, 0.29) is 0 Å². The third-order valence-electron chi connectivity index (χ3n) is 3.34. The molecule has 0 spiro atoms. The zero-order valence-corrected chi connectivity index (χ0v) is 12.2. The normalized spacial score (nSPS) is 11.0. The van der Waals surface area contributed by atoms with Crippen LogP contribution in [-0.4, -0.2) is 0 Å². The van der Waals surface area contributed by atoms with Crippen molar-refractivity contribution in [2.24, 2.45) is 0 Å². The van der Waals surface area contributed by atoms with E-state index in [1.165, 1.54) is 22.3 Å². The van der Waals surface area contributed by atoms with E-state index in [1.54, 1.807) is 0 Å². The average Bonchev–Trinajstić information content (AvgIpc) is 2.33. The van der Waals surface area contributed by atoms with Crippen LogP contribution in [0, 0.1) is 13.8 Å². The molecule has 2 aromatic carbocycles. The zero-order valence-electron chi connectivity index (χ0n) is 11.4. The highest BCUT2D eigenvalue weighted by Crippen LogP contribution is 2.33. The van der Waals surface area contributed by atoms with Gasteiger partial charge in [-0.05, 0) is 48.6 Å². The van der Waals surface area contributed by atoms with Crippen LogP contribution < -0.4 is 0 Å². The lowest BCUT2D eigenvalue weighted by Crippen LogP contribution is -1.92. The van der Waals surface area contributed by atoms with Crippen LogP contribution in [0.1, 0.15) is 36.5 Å². The third kappa shape index (κ3) is 2.59. The second-order valence-corrected chi connectivity index (χ2v) is 5.62. The maximum Gasteiger partial charge on any atom is 0.0484 e. The Morgan fingerprint density at radius 1 is 0.889 bits per heavy atom. The van der Waals surface area contributed by atoms with Crippen LogP contribution in [0.5, 0.6) is 0 Å². The number of benzene rings is 2. The second-order valence-electron chi connectivity index (χ2n) is 5.21. The van der Waals surface area contributed by atoms with Crippen LogP contribution in [0.4, 0.5) is 0 Å². The van der Waals surface area contributed by atoms with Crippen LogP contribution in [0.3, 0.4) is 0 Å². The summed E-state index contributed by atoms with van der Waals surface area (Å²) in [6.07, 6.45) is 0. The molecule has 0 saturated carbocycles. The van der Waals surface area contributed by atoms with Crippen molar-refractivity contribution >= 4 is 11.6 Å². The van der Waals surface area contributed by atoms with E-state index in [0.717, 1.165) is 10.6 Å². The molecule has 0 radical (unpaired) electrons. The first kappa shape index (κ1) is 13.2. The van der Waals surface area contributed by atoms with E-state index in [1.807, 2.05) is 12.1 Å². The van der Waals surface area contributed by atoms with Crippen LogP contribution in [-0.2, 0) is 0 Å². The monoisotopic (exact) mass is 258 g/mol. The van der Waals surface area contributed by atoms with E-state index in [0.29, 0.717) is 5.92 Å². The summed E-state index contributed by atoms with van der Waals surface area (Å²) in [6, 6.07) is 12.8. The van der Waals surface area contributed by atoms with Crippen LogP contribution in [0.15, 0.2) is 36.4 Å². The average molecular weight is 259 g/mol. The Morgan fingerprint density at radius 2 is 1.61 bits per heavy atom. The molecule has 94 valence electrons. The van der Waals surface area contributed by atoms with Gasteiger partial charge in [0, 0.05) is 10.6 Å². The number of hydrogen-bond acceptors (Lipinski definition) is 0. The molecule has 0 unspecified atom stereocenters. The first-order valence-electron chi connectivity index (χ1n) is 6.36. The second kappa shape index (κ2) is 5.16. The Kier molecular flexibility index (Phi) is 3.77. The molecular formula is C17H19Cl. The summed E-state index contributed by atoms with van der Waals surface area (Å²) < 4.78 is 0. The topological polar surface area (TPSA) is 0 Å². The third-order valence-corrected chi connectivity index (χ3v) is 3.67. The van der Waals surface area contributed by atoms with Gasteiger partial charge >= 0.3 is 0 Å². The Morgan fingerprint density at radius 3 is 2.28 bits per heavy atom. The minimum Gasteiger partial charge on any atom is -0.0837 e. The minimum atomic E-state index is 0.535. The van der Waals surface area contributed by atoms with Gasteiger partial charge in [0.25, 0.3) is 0 Å². The van der Waals surface area contributed by atoms with Crippen molar-refractivity contribution in [2.45, 2.75) is 33.6 Å². The fourth-order valence-electron chi connectivity index (χ4n) is 2.13. The summed E-state index contributed by atoms with van der Waals surface area (Å²) in [5.41, 5.74) is 6.25. The maximum absolute atomic E-state index is 6.33. The Labute approximate surface area is 115 Å². The summed E-state index contributed by atoms with van der Waals surface area (Å²) in [7, 11) is 0. The minimum absolute atomic E-state index is 0.535. The van der Waals surface area contributed by atoms with Gasteiger partial charge in [0.05, 0.1) is 0 Å². The number of hydrogen-bond donors (Lipinski definition) is 0.